The number of carbonyl (C=O) groups excluding carboxylic acids is 1. The Morgan fingerprint density at radius 3 is 3.21 bits per heavy atom. The van der Waals surface area contributed by atoms with Crippen molar-refractivity contribution in [2.24, 2.45) is 5.10 Å². The fourth-order valence-electron chi connectivity index (χ4n) is 0.791. The molecule has 1 heterocycles. The zero-order chi connectivity index (χ0) is 10.4. The SMILES string of the molecule is Cc1ccsc1/C=N\NC(=O)CC#N. The average Bonchev–Trinajstić information content (AvgIpc) is 2.52. The van der Waals surface area contributed by atoms with Crippen molar-refractivity contribution in [1.29, 1.82) is 5.26 Å². The van der Waals surface area contributed by atoms with Crippen LogP contribution in [0.3, 0.4) is 0 Å². The van der Waals surface area contributed by atoms with Crippen LogP contribution in [0.2, 0.25) is 0 Å². The van der Waals surface area contributed by atoms with Crippen LogP contribution in [0.5, 0.6) is 0 Å². The van der Waals surface area contributed by atoms with Gasteiger partial charge in [-0.3, -0.25) is 4.79 Å². The Morgan fingerprint density at radius 1 is 1.86 bits per heavy atom. The van der Waals surface area contributed by atoms with Gasteiger partial charge in [-0.2, -0.15) is 10.4 Å². The summed E-state index contributed by atoms with van der Waals surface area (Å²) in [5.74, 6) is -0.391. The summed E-state index contributed by atoms with van der Waals surface area (Å²) >= 11 is 1.55. The molecule has 0 unspecified atom stereocenters. The van der Waals surface area contributed by atoms with Gasteiger partial charge in [0.25, 0.3) is 5.91 Å². The van der Waals surface area contributed by atoms with Gasteiger partial charge in [-0.15, -0.1) is 11.3 Å². The highest BCUT2D eigenvalue weighted by Crippen LogP contribution is 2.12. The van der Waals surface area contributed by atoms with E-state index in [0.29, 0.717) is 0 Å². The molecule has 0 aromatic carbocycles. The summed E-state index contributed by atoms with van der Waals surface area (Å²) in [5, 5.41) is 13.9. The zero-order valence-electron chi connectivity index (χ0n) is 7.65. The summed E-state index contributed by atoms with van der Waals surface area (Å²) in [7, 11) is 0. The van der Waals surface area contributed by atoms with E-state index in [2.05, 4.69) is 10.5 Å². The first kappa shape index (κ1) is 10.4. The molecule has 0 aliphatic carbocycles. The largest absolute Gasteiger partial charge is 0.272 e. The second-order valence-electron chi connectivity index (χ2n) is 2.60. The van der Waals surface area contributed by atoms with Crippen LogP contribution in [0.25, 0.3) is 0 Å². The van der Waals surface area contributed by atoms with Gasteiger partial charge in [0.2, 0.25) is 0 Å². The molecule has 1 aromatic rings. The van der Waals surface area contributed by atoms with Gasteiger partial charge in [0.15, 0.2) is 0 Å². The van der Waals surface area contributed by atoms with Crippen LogP contribution in [-0.2, 0) is 4.79 Å². The molecule has 0 fully saturated rings. The number of hydrogen-bond acceptors (Lipinski definition) is 4. The maximum absolute atomic E-state index is 10.8. The fraction of sp³-hybridized carbons (Fsp3) is 0.222. The quantitative estimate of drug-likeness (QED) is 0.601. The second kappa shape index (κ2) is 5.14. The minimum absolute atomic E-state index is 0.166. The van der Waals surface area contributed by atoms with Crippen LogP contribution in [0, 0.1) is 18.3 Å². The predicted octanol–water partition coefficient (Wildman–Crippen LogP) is 1.42. The highest BCUT2D eigenvalue weighted by atomic mass is 32.1. The number of carbonyl (C=O) groups is 1. The highest BCUT2D eigenvalue weighted by molar-refractivity contribution is 7.11. The minimum atomic E-state index is -0.391. The van der Waals surface area contributed by atoms with E-state index in [1.165, 1.54) is 0 Å². The lowest BCUT2D eigenvalue weighted by atomic mass is 10.3. The normalized spacial score (nSPS) is 10.0. The second-order valence-corrected chi connectivity index (χ2v) is 3.54. The van der Waals surface area contributed by atoms with Gasteiger partial charge in [-0.25, -0.2) is 5.43 Å². The molecule has 0 aliphatic rings. The van der Waals surface area contributed by atoms with Gasteiger partial charge < -0.3 is 0 Å². The van der Waals surface area contributed by atoms with Crippen LogP contribution in [-0.4, -0.2) is 12.1 Å². The average molecular weight is 207 g/mol. The number of thiophene rings is 1. The van der Waals surface area contributed by atoms with Crippen LogP contribution >= 0.6 is 11.3 Å². The zero-order valence-corrected chi connectivity index (χ0v) is 8.47. The van der Waals surface area contributed by atoms with Crippen LogP contribution in [0.15, 0.2) is 16.5 Å². The van der Waals surface area contributed by atoms with Gasteiger partial charge in [-0.1, -0.05) is 0 Å². The molecule has 0 aliphatic heterocycles. The first-order valence-electron chi connectivity index (χ1n) is 3.97. The van der Waals surface area contributed by atoms with Crippen molar-refractivity contribution in [3.8, 4) is 6.07 Å². The van der Waals surface area contributed by atoms with Crippen LogP contribution < -0.4 is 5.43 Å². The Bertz CT molecular complexity index is 389. The van der Waals surface area contributed by atoms with Gasteiger partial charge >= 0.3 is 0 Å². The topological polar surface area (TPSA) is 65.2 Å². The van der Waals surface area contributed by atoms with Crippen molar-refractivity contribution in [2.45, 2.75) is 13.3 Å². The molecule has 1 N–H and O–H groups in total. The lowest BCUT2D eigenvalue weighted by Gasteiger charge is -1.92. The van der Waals surface area contributed by atoms with Gasteiger partial charge in [0.1, 0.15) is 6.42 Å². The molecule has 0 spiro atoms. The minimum Gasteiger partial charge on any atom is -0.272 e. The number of amides is 1. The van der Waals surface area contributed by atoms with Gasteiger partial charge in [0.05, 0.1) is 12.3 Å². The van der Waals surface area contributed by atoms with E-state index < -0.39 is 5.91 Å². The summed E-state index contributed by atoms with van der Waals surface area (Å²) in [6, 6.07) is 3.71. The Balaban J connectivity index is 2.46. The monoisotopic (exact) mass is 207 g/mol. The lowest BCUT2D eigenvalue weighted by molar-refractivity contribution is -0.120. The van der Waals surface area contributed by atoms with E-state index in [9.17, 15) is 4.79 Å². The summed E-state index contributed by atoms with van der Waals surface area (Å²) < 4.78 is 0. The van der Waals surface area contributed by atoms with Crippen molar-refractivity contribution >= 4 is 23.5 Å². The van der Waals surface area contributed by atoms with Crippen molar-refractivity contribution in [1.82, 2.24) is 5.43 Å². The maximum atomic E-state index is 10.8. The highest BCUT2D eigenvalue weighted by Gasteiger charge is 1.97. The molecular weight excluding hydrogens is 198 g/mol. The van der Waals surface area contributed by atoms with E-state index >= 15 is 0 Å². The number of nitriles is 1. The Hall–Kier alpha value is -1.67. The number of hydrogen-bond donors (Lipinski definition) is 1. The Morgan fingerprint density at radius 2 is 2.64 bits per heavy atom. The summed E-state index contributed by atoms with van der Waals surface area (Å²) in [5.41, 5.74) is 3.38. The molecule has 1 rings (SSSR count). The molecule has 4 nitrogen and oxygen atoms in total. The molecular formula is C9H9N3OS. The van der Waals surface area contributed by atoms with E-state index in [1.807, 2.05) is 18.4 Å². The van der Waals surface area contributed by atoms with Crippen molar-refractivity contribution in [2.75, 3.05) is 0 Å². The smallest absolute Gasteiger partial charge is 0.254 e. The molecule has 72 valence electrons. The van der Waals surface area contributed by atoms with Crippen LogP contribution in [0.4, 0.5) is 0 Å². The third-order valence-corrected chi connectivity index (χ3v) is 2.47. The third kappa shape index (κ3) is 2.99. The van der Waals surface area contributed by atoms with E-state index in [1.54, 1.807) is 23.6 Å². The van der Waals surface area contributed by atoms with Crippen molar-refractivity contribution < 1.29 is 4.79 Å². The van der Waals surface area contributed by atoms with Crippen LogP contribution in [0.1, 0.15) is 16.9 Å². The van der Waals surface area contributed by atoms with Gasteiger partial charge in [0, 0.05) is 4.88 Å². The molecule has 0 saturated carbocycles. The number of nitrogens with one attached hydrogen (secondary N) is 1. The van der Waals surface area contributed by atoms with E-state index in [0.717, 1.165) is 10.4 Å². The summed E-state index contributed by atoms with van der Waals surface area (Å²) in [6.45, 7) is 1.97. The molecule has 14 heavy (non-hydrogen) atoms. The molecule has 5 heteroatoms. The molecule has 0 atom stereocenters. The predicted molar refractivity (Wildman–Crippen MR) is 55.0 cm³/mol. The Labute approximate surface area is 85.9 Å². The first-order valence-corrected chi connectivity index (χ1v) is 4.85. The summed E-state index contributed by atoms with van der Waals surface area (Å²) in [4.78, 5) is 11.8. The van der Waals surface area contributed by atoms with Gasteiger partial charge in [-0.05, 0) is 23.9 Å². The van der Waals surface area contributed by atoms with E-state index in [4.69, 9.17) is 5.26 Å². The standard InChI is InChI=1S/C9H9N3OS/c1-7-3-5-14-8(7)6-11-12-9(13)2-4-10/h3,5-6H,2H2,1H3,(H,12,13)/b11-6-. The molecule has 0 radical (unpaired) electrons. The number of nitrogens with zero attached hydrogens (tertiary/aromatic N) is 2. The molecule has 0 saturated heterocycles. The van der Waals surface area contributed by atoms with E-state index in [-0.39, 0.29) is 6.42 Å². The summed E-state index contributed by atoms with van der Waals surface area (Å²) in [6.07, 6.45) is 1.41. The number of hydrazone groups is 1. The van der Waals surface area contributed by atoms with Crippen molar-refractivity contribution in [3.63, 3.8) is 0 Å². The first-order chi connectivity index (χ1) is 6.74. The molecule has 0 bridgehead atoms. The number of aryl methyl sites for hydroxylation is 1. The Kier molecular flexibility index (Phi) is 3.83. The van der Waals surface area contributed by atoms with Crippen molar-refractivity contribution in [3.05, 3.63) is 21.9 Å². The third-order valence-electron chi connectivity index (χ3n) is 1.51. The fourth-order valence-corrected chi connectivity index (χ4v) is 1.58. The molecule has 1 amide bonds. The lowest BCUT2D eigenvalue weighted by Crippen LogP contribution is -2.16. The maximum Gasteiger partial charge on any atom is 0.254 e. The number of rotatable bonds is 3. The molecule has 1 aromatic heterocycles.